The van der Waals surface area contributed by atoms with E-state index < -0.39 is 0 Å². The molecule has 4 atom stereocenters. The van der Waals surface area contributed by atoms with Gasteiger partial charge < -0.3 is 0 Å². The SMILES string of the molecule is CCCC(CC1CC(=O)c2c(C)c(CC(C(=O)CC(C)(C)C)C(C)C)cc(C(C)C)c2C1)C(CC)C(=O)CC(C)=O. The van der Waals surface area contributed by atoms with Crippen LogP contribution in [0, 0.1) is 41.9 Å². The largest absolute Gasteiger partial charge is 0.300 e. The summed E-state index contributed by atoms with van der Waals surface area (Å²) < 4.78 is 0. The zero-order valence-corrected chi connectivity index (χ0v) is 28.0. The summed E-state index contributed by atoms with van der Waals surface area (Å²) in [6.07, 6.45) is 6.10. The molecule has 0 aromatic heterocycles. The molecule has 1 aromatic rings. The number of fused-ring (bicyclic) bond motifs is 1. The topological polar surface area (TPSA) is 68.3 Å². The lowest BCUT2D eigenvalue weighted by Crippen LogP contribution is -2.31. The molecule has 4 unspecified atom stereocenters. The standard InChI is InChI=1S/C37H58O4/c1-12-14-27(29(13-2)33(39)15-24(7)38)16-26-17-32-30(22(3)4)19-28(25(8)36(32)34(40)18-26)20-31(23(5)6)35(41)21-37(9,10)11/h19,22-23,26-27,29,31H,12-18,20-21H2,1-11H3. The van der Waals surface area contributed by atoms with Crippen molar-refractivity contribution in [1.29, 1.82) is 0 Å². The molecule has 0 saturated heterocycles. The summed E-state index contributed by atoms with van der Waals surface area (Å²) in [5.41, 5.74) is 5.45. The molecule has 0 saturated carbocycles. The predicted octanol–water partition coefficient (Wildman–Crippen LogP) is 9.06. The van der Waals surface area contributed by atoms with Crippen molar-refractivity contribution >= 4 is 23.1 Å². The molecular formula is C37H58O4. The van der Waals surface area contributed by atoms with Crippen LogP contribution in [0.15, 0.2) is 6.07 Å². The fourth-order valence-electron chi connectivity index (χ4n) is 7.23. The highest BCUT2D eigenvalue weighted by molar-refractivity contribution is 6.01. The van der Waals surface area contributed by atoms with E-state index in [9.17, 15) is 19.2 Å². The minimum Gasteiger partial charge on any atom is -0.300 e. The summed E-state index contributed by atoms with van der Waals surface area (Å²) in [6.45, 7) is 22.8. The lowest BCUT2D eigenvalue weighted by Gasteiger charge is -2.34. The molecule has 0 heterocycles. The number of carbonyl (C=O) groups is 4. The third kappa shape index (κ3) is 9.45. The van der Waals surface area contributed by atoms with E-state index >= 15 is 0 Å². The second-order valence-corrected chi connectivity index (χ2v) is 14.9. The van der Waals surface area contributed by atoms with Gasteiger partial charge in [-0.15, -0.1) is 0 Å². The van der Waals surface area contributed by atoms with E-state index in [2.05, 4.69) is 68.4 Å². The Balaban J connectivity index is 2.45. The van der Waals surface area contributed by atoms with Gasteiger partial charge in [0.05, 0.1) is 6.42 Å². The Hall–Kier alpha value is -2.10. The average Bonchev–Trinajstić information content (AvgIpc) is 2.81. The van der Waals surface area contributed by atoms with Gasteiger partial charge in [0.15, 0.2) is 5.78 Å². The molecule has 1 aliphatic carbocycles. The normalized spacial score (nSPS) is 17.9. The predicted molar refractivity (Wildman–Crippen MR) is 170 cm³/mol. The number of carbonyl (C=O) groups excluding carboxylic acids is 4. The summed E-state index contributed by atoms with van der Waals surface area (Å²) in [6, 6.07) is 2.29. The highest BCUT2D eigenvalue weighted by Gasteiger charge is 2.35. The van der Waals surface area contributed by atoms with Crippen LogP contribution in [0.3, 0.4) is 0 Å². The lowest BCUT2D eigenvalue weighted by atomic mass is 9.69. The number of hydrogen-bond donors (Lipinski definition) is 0. The molecule has 0 aliphatic heterocycles. The molecule has 1 aromatic carbocycles. The first-order chi connectivity index (χ1) is 19.0. The molecule has 0 N–H and O–H groups in total. The van der Waals surface area contributed by atoms with Gasteiger partial charge in [-0.3, -0.25) is 19.2 Å². The number of ketones is 4. The van der Waals surface area contributed by atoms with Gasteiger partial charge in [0.2, 0.25) is 0 Å². The van der Waals surface area contributed by atoms with Gasteiger partial charge in [-0.2, -0.15) is 0 Å². The van der Waals surface area contributed by atoms with Crippen molar-refractivity contribution in [3.63, 3.8) is 0 Å². The van der Waals surface area contributed by atoms with Crippen molar-refractivity contribution in [2.45, 2.75) is 140 Å². The summed E-state index contributed by atoms with van der Waals surface area (Å²) >= 11 is 0. The molecular weight excluding hydrogens is 508 g/mol. The second kappa shape index (κ2) is 14.9. The summed E-state index contributed by atoms with van der Waals surface area (Å²) in [5, 5.41) is 0. The van der Waals surface area contributed by atoms with Crippen LogP contribution in [-0.4, -0.2) is 23.1 Å². The number of Topliss-reactive ketones (excluding diaryl/α,β-unsaturated/α-hetero) is 4. The zero-order chi connectivity index (χ0) is 31.2. The van der Waals surface area contributed by atoms with Crippen molar-refractivity contribution in [3.05, 3.63) is 33.9 Å². The first-order valence-corrected chi connectivity index (χ1v) is 16.2. The molecule has 0 bridgehead atoms. The highest BCUT2D eigenvalue weighted by Crippen LogP contribution is 2.41. The minimum atomic E-state index is -0.123. The molecule has 4 nitrogen and oxygen atoms in total. The average molecular weight is 567 g/mol. The van der Waals surface area contributed by atoms with Crippen molar-refractivity contribution in [1.82, 2.24) is 0 Å². The minimum absolute atomic E-state index is 0.0141. The Labute approximate surface area is 250 Å². The van der Waals surface area contributed by atoms with Gasteiger partial charge in [-0.25, -0.2) is 0 Å². The van der Waals surface area contributed by atoms with Gasteiger partial charge in [0, 0.05) is 30.2 Å². The Morgan fingerprint density at radius 1 is 0.976 bits per heavy atom. The quantitative estimate of drug-likeness (QED) is 0.199. The highest BCUT2D eigenvalue weighted by atomic mass is 16.1. The molecule has 1 aliphatic rings. The molecule has 0 spiro atoms. The van der Waals surface area contributed by atoms with E-state index in [1.54, 1.807) is 0 Å². The van der Waals surface area contributed by atoms with Crippen LogP contribution in [0.4, 0.5) is 0 Å². The van der Waals surface area contributed by atoms with Crippen LogP contribution < -0.4 is 0 Å². The molecule has 41 heavy (non-hydrogen) atoms. The Bertz CT molecular complexity index is 1100. The van der Waals surface area contributed by atoms with E-state index in [4.69, 9.17) is 0 Å². The van der Waals surface area contributed by atoms with Crippen molar-refractivity contribution in [2.24, 2.45) is 35.0 Å². The number of rotatable bonds is 15. The van der Waals surface area contributed by atoms with Gasteiger partial charge in [0.1, 0.15) is 17.3 Å². The number of benzene rings is 1. The van der Waals surface area contributed by atoms with E-state index in [0.29, 0.717) is 25.0 Å². The van der Waals surface area contributed by atoms with Crippen LogP contribution in [0.1, 0.15) is 153 Å². The zero-order valence-electron chi connectivity index (χ0n) is 28.0. The van der Waals surface area contributed by atoms with Crippen LogP contribution in [-0.2, 0) is 27.2 Å². The molecule has 2 rings (SSSR count). The molecule has 0 radical (unpaired) electrons. The first-order valence-electron chi connectivity index (χ1n) is 16.2. The van der Waals surface area contributed by atoms with Gasteiger partial charge in [-0.1, -0.05) is 81.2 Å². The van der Waals surface area contributed by atoms with Gasteiger partial charge in [-0.05, 0) is 90.9 Å². The summed E-state index contributed by atoms with van der Waals surface area (Å²) in [4.78, 5) is 51.9. The van der Waals surface area contributed by atoms with Crippen LogP contribution >= 0.6 is 0 Å². The van der Waals surface area contributed by atoms with Gasteiger partial charge >= 0.3 is 0 Å². The Morgan fingerprint density at radius 2 is 1.61 bits per heavy atom. The van der Waals surface area contributed by atoms with Crippen LogP contribution in [0.25, 0.3) is 0 Å². The maximum Gasteiger partial charge on any atom is 0.163 e. The molecule has 0 fully saturated rings. The van der Waals surface area contributed by atoms with E-state index in [-0.39, 0.29) is 64.7 Å². The van der Waals surface area contributed by atoms with Crippen LogP contribution in [0.5, 0.6) is 0 Å². The maximum absolute atomic E-state index is 13.9. The van der Waals surface area contributed by atoms with Crippen molar-refractivity contribution in [3.8, 4) is 0 Å². The third-order valence-electron chi connectivity index (χ3n) is 9.21. The number of hydrogen-bond acceptors (Lipinski definition) is 4. The third-order valence-corrected chi connectivity index (χ3v) is 9.21. The van der Waals surface area contributed by atoms with E-state index in [0.717, 1.165) is 48.8 Å². The van der Waals surface area contributed by atoms with Crippen molar-refractivity contribution < 1.29 is 19.2 Å². The molecule has 0 amide bonds. The van der Waals surface area contributed by atoms with E-state index in [1.165, 1.54) is 18.1 Å². The maximum atomic E-state index is 13.9. The monoisotopic (exact) mass is 566 g/mol. The fourth-order valence-corrected chi connectivity index (χ4v) is 7.23. The summed E-state index contributed by atoms with van der Waals surface area (Å²) in [7, 11) is 0. The smallest absolute Gasteiger partial charge is 0.163 e. The lowest BCUT2D eigenvalue weighted by molar-refractivity contribution is -0.130. The van der Waals surface area contributed by atoms with Crippen LogP contribution in [0.2, 0.25) is 0 Å². The molecule has 230 valence electrons. The first kappa shape index (κ1) is 35.1. The second-order valence-electron chi connectivity index (χ2n) is 14.9. The Morgan fingerprint density at radius 3 is 2.10 bits per heavy atom. The molecule has 4 heteroatoms. The summed E-state index contributed by atoms with van der Waals surface area (Å²) in [5.74, 6) is 1.22. The van der Waals surface area contributed by atoms with Crippen molar-refractivity contribution in [2.75, 3.05) is 0 Å². The van der Waals surface area contributed by atoms with Gasteiger partial charge in [0.25, 0.3) is 0 Å². The Kier molecular flexibility index (Phi) is 12.7. The van der Waals surface area contributed by atoms with E-state index in [1.807, 2.05) is 6.92 Å². The fraction of sp³-hybridized carbons (Fsp3) is 0.730.